The van der Waals surface area contributed by atoms with E-state index in [1.807, 2.05) is 89.8 Å². The molecule has 1 N–H and O–H groups in total. The molecular weight excluding hydrogens is 376 g/mol. The molecule has 1 fully saturated rings. The Kier molecular flexibility index (Phi) is 6.62. The van der Waals surface area contributed by atoms with Crippen LogP contribution >= 0.6 is 0 Å². The molecule has 0 radical (unpaired) electrons. The van der Waals surface area contributed by atoms with Gasteiger partial charge in [-0.3, -0.25) is 4.79 Å². The summed E-state index contributed by atoms with van der Waals surface area (Å²) in [6, 6.07) is 27.2. The average Bonchev–Trinajstić information content (AvgIpc) is 2.83. The molecule has 3 aromatic rings. The number of amides is 1. The predicted octanol–water partition coefficient (Wildman–Crippen LogP) is 4.28. The van der Waals surface area contributed by atoms with Gasteiger partial charge in [-0.15, -0.1) is 0 Å². The van der Waals surface area contributed by atoms with Crippen LogP contribution in [0.3, 0.4) is 0 Å². The van der Waals surface area contributed by atoms with Crippen molar-refractivity contribution in [1.82, 2.24) is 4.90 Å². The third kappa shape index (κ3) is 5.19. The maximum atomic E-state index is 13.2. The number of carbonyl (C=O) groups is 1. The van der Waals surface area contributed by atoms with Gasteiger partial charge in [0.15, 0.2) is 0 Å². The second kappa shape index (κ2) is 9.94. The minimum atomic E-state index is -0.444. The number of morpholine rings is 1. The van der Waals surface area contributed by atoms with Crippen LogP contribution in [0.4, 0.5) is 5.69 Å². The van der Waals surface area contributed by atoms with Crippen molar-refractivity contribution in [2.24, 2.45) is 0 Å². The van der Waals surface area contributed by atoms with Gasteiger partial charge in [-0.05, 0) is 35.4 Å². The largest absolute Gasteiger partial charge is 0.489 e. The topological polar surface area (TPSA) is 50.8 Å². The van der Waals surface area contributed by atoms with Gasteiger partial charge in [-0.2, -0.15) is 0 Å². The Hall–Kier alpha value is -3.31. The Labute approximate surface area is 177 Å². The summed E-state index contributed by atoms with van der Waals surface area (Å²) in [4.78, 5) is 15.1. The summed E-state index contributed by atoms with van der Waals surface area (Å²) in [5.41, 5.74) is 2.94. The van der Waals surface area contributed by atoms with Crippen molar-refractivity contribution in [1.29, 1.82) is 0 Å². The Bertz CT molecular complexity index is 924. The standard InChI is InChI=1S/C25H26N2O3/c28-25(27-15-17-29-18-16-27)24(21-9-5-2-6-10-21)26-22-11-13-23(14-12-22)30-19-20-7-3-1-4-8-20/h1-14,24,26H,15-19H2. The number of ether oxygens (including phenoxy) is 2. The van der Waals surface area contributed by atoms with E-state index in [1.54, 1.807) is 0 Å². The summed E-state index contributed by atoms with van der Waals surface area (Å²) in [7, 11) is 0. The van der Waals surface area contributed by atoms with Crippen molar-refractivity contribution >= 4 is 11.6 Å². The first kappa shape index (κ1) is 20.0. The molecule has 0 aliphatic carbocycles. The second-order valence-corrected chi connectivity index (χ2v) is 7.22. The number of nitrogens with one attached hydrogen (secondary N) is 1. The van der Waals surface area contributed by atoms with Crippen LogP contribution in [0.5, 0.6) is 5.75 Å². The quantitative estimate of drug-likeness (QED) is 0.641. The van der Waals surface area contributed by atoms with Crippen molar-refractivity contribution in [3.8, 4) is 5.75 Å². The molecule has 1 unspecified atom stereocenters. The first-order valence-corrected chi connectivity index (χ1v) is 10.2. The highest BCUT2D eigenvalue weighted by molar-refractivity contribution is 5.86. The molecule has 0 aromatic heterocycles. The molecule has 5 heteroatoms. The lowest BCUT2D eigenvalue weighted by Gasteiger charge is -2.31. The van der Waals surface area contributed by atoms with E-state index in [1.165, 1.54) is 0 Å². The molecular formula is C25H26N2O3. The van der Waals surface area contributed by atoms with E-state index in [2.05, 4.69) is 5.32 Å². The molecule has 1 atom stereocenters. The fourth-order valence-corrected chi connectivity index (χ4v) is 3.45. The Morgan fingerprint density at radius 3 is 2.20 bits per heavy atom. The van der Waals surface area contributed by atoms with E-state index in [0.29, 0.717) is 32.9 Å². The van der Waals surface area contributed by atoms with Gasteiger partial charge in [0.2, 0.25) is 5.91 Å². The molecule has 1 aliphatic rings. The van der Waals surface area contributed by atoms with Gasteiger partial charge in [0.25, 0.3) is 0 Å². The molecule has 1 aliphatic heterocycles. The van der Waals surface area contributed by atoms with Crippen LogP contribution in [0.2, 0.25) is 0 Å². The highest BCUT2D eigenvalue weighted by Crippen LogP contribution is 2.24. The monoisotopic (exact) mass is 402 g/mol. The molecule has 1 amide bonds. The first-order valence-electron chi connectivity index (χ1n) is 10.2. The summed E-state index contributed by atoms with van der Waals surface area (Å²) in [6.07, 6.45) is 0. The first-order chi connectivity index (χ1) is 14.8. The molecule has 154 valence electrons. The molecule has 3 aromatic carbocycles. The van der Waals surface area contributed by atoms with Crippen molar-refractivity contribution in [2.75, 3.05) is 31.6 Å². The molecule has 30 heavy (non-hydrogen) atoms. The Morgan fingerprint density at radius 2 is 1.53 bits per heavy atom. The Balaban J connectivity index is 1.45. The second-order valence-electron chi connectivity index (χ2n) is 7.22. The highest BCUT2D eigenvalue weighted by atomic mass is 16.5. The SMILES string of the molecule is O=C(C(Nc1ccc(OCc2ccccc2)cc1)c1ccccc1)N1CCOCC1. The summed E-state index contributed by atoms with van der Waals surface area (Å²) >= 11 is 0. The maximum absolute atomic E-state index is 13.2. The molecule has 0 spiro atoms. The van der Waals surface area contributed by atoms with Gasteiger partial charge in [-0.25, -0.2) is 0 Å². The lowest BCUT2D eigenvalue weighted by atomic mass is 10.0. The number of hydrogen-bond acceptors (Lipinski definition) is 4. The van der Waals surface area contributed by atoms with Gasteiger partial charge in [0.1, 0.15) is 18.4 Å². The van der Waals surface area contributed by atoms with E-state index in [4.69, 9.17) is 9.47 Å². The lowest BCUT2D eigenvalue weighted by Crippen LogP contribution is -2.44. The number of nitrogens with zero attached hydrogens (tertiary/aromatic N) is 1. The fraction of sp³-hybridized carbons (Fsp3) is 0.240. The van der Waals surface area contributed by atoms with Gasteiger partial charge < -0.3 is 19.7 Å². The highest BCUT2D eigenvalue weighted by Gasteiger charge is 2.27. The number of benzene rings is 3. The van der Waals surface area contributed by atoms with E-state index >= 15 is 0 Å². The molecule has 5 nitrogen and oxygen atoms in total. The van der Waals surface area contributed by atoms with Crippen LogP contribution in [0.15, 0.2) is 84.9 Å². The molecule has 0 bridgehead atoms. The van der Waals surface area contributed by atoms with Gasteiger partial charge in [0.05, 0.1) is 13.2 Å². The van der Waals surface area contributed by atoms with Gasteiger partial charge in [-0.1, -0.05) is 60.7 Å². The van der Waals surface area contributed by atoms with Gasteiger partial charge in [0, 0.05) is 18.8 Å². The lowest BCUT2D eigenvalue weighted by molar-refractivity contribution is -0.136. The summed E-state index contributed by atoms with van der Waals surface area (Å²) in [6.45, 7) is 2.93. The summed E-state index contributed by atoms with van der Waals surface area (Å²) in [5, 5.41) is 3.41. The molecule has 4 rings (SSSR count). The molecule has 0 saturated carbocycles. The number of rotatable bonds is 7. The zero-order valence-electron chi connectivity index (χ0n) is 16.9. The zero-order chi connectivity index (χ0) is 20.6. The number of carbonyl (C=O) groups excluding carboxylic acids is 1. The molecule has 1 saturated heterocycles. The minimum Gasteiger partial charge on any atom is -0.489 e. The maximum Gasteiger partial charge on any atom is 0.249 e. The smallest absolute Gasteiger partial charge is 0.249 e. The third-order valence-electron chi connectivity index (χ3n) is 5.12. The third-order valence-corrected chi connectivity index (χ3v) is 5.12. The van der Waals surface area contributed by atoms with Crippen LogP contribution in [0.25, 0.3) is 0 Å². The fourth-order valence-electron chi connectivity index (χ4n) is 3.45. The number of anilines is 1. The van der Waals surface area contributed by atoms with Crippen LogP contribution in [0, 0.1) is 0 Å². The number of hydrogen-bond donors (Lipinski definition) is 1. The van der Waals surface area contributed by atoms with E-state index < -0.39 is 6.04 Å². The van der Waals surface area contributed by atoms with Crippen LogP contribution in [0.1, 0.15) is 17.2 Å². The van der Waals surface area contributed by atoms with Gasteiger partial charge >= 0.3 is 0 Å². The summed E-state index contributed by atoms with van der Waals surface area (Å²) in [5.74, 6) is 0.856. The van der Waals surface area contributed by atoms with Crippen LogP contribution in [-0.4, -0.2) is 37.1 Å². The predicted molar refractivity (Wildman–Crippen MR) is 117 cm³/mol. The normalized spacial score (nSPS) is 14.7. The van der Waals surface area contributed by atoms with Crippen LogP contribution in [-0.2, 0) is 16.1 Å². The van der Waals surface area contributed by atoms with E-state index in [-0.39, 0.29) is 5.91 Å². The Morgan fingerprint density at radius 1 is 0.900 bits per heavy atom. The summed E-state index contributed by atoms with van der Waals surface area (Å²) < 4.78 is 11.3. The van der Waals surface area contributed by atoms with Crippen LogP contribution < -0.4 is 10.1 Å². The van der Waals surface area contributed by atoms with E-state index in [9.17, 15) is 4.79 Å². The van der Waals surface area contributed by atoms with Crippen molar-refractivity contribution in [3.63, 3.8) is 0 Å². The molecule has 1 heterocycles. The van der Waals surface area contributed by atoms with E-state index in [0.717, 1.165) is 22.6 Å². The zero-order valence-corrected chi connectivity index (χ0v) is 16.9. The average molecular weight is 402 g/mol. The van der Waals surface area contributed by atoms with Crippen molar-refractivity contribution in [2.45, 2.75) is 12.6 Å². The van der Waals surface area contributed by atoms with Crippen molar-refractivity contribution in [3.05, 3.63) is 96.1 Å². The van der Waals surface area contributed by atoms with Crippen molar-refractivity contribution < 1.29 is 14.3 Å². The minimum absolute atomic E-state index is 0.0638.